The molecule has 0 unspecified atom stereocenters. The van der Waals surface area contributed by atoms with E-state index in [1.807, 2.05) is 0 Å². The Balaban J connectivity index is 1.90. The van der Waals surface area contributed by atoms with Crippen LogP contribution in [-0.4, -0.2) is 35.7 Å². The second-order valence-electron chi connectivity index (χ2n) is 4.92. The van der Waals surface area contributed by atoms with Gasteiger partial charge in [0.25, 0.3) is 0 Å². The molecule has 2 rings (SSSR count). The fourth-order valence-corrected chi connectivity index (χ4v) is 2.70. The van der Waals surface area contributed by atoms with Crippen LogP contribution in [0, 0.1) is 0 Å². The summed E-state index contributed by atoms with van der Waals surface area (Å²) in [5.74, 6) is 0. The van der Waals surface area contributed by atoms with E-state index in [9.17, 15) is 0 Å². The Kier molecular flexibility index (Phi) is 2.37. The number of ether oxygens (including phenoxy) is 1. The van der Waals surface area contributed by atoms with Crippen molar-refractivity contribution in [2.24, 2.45) is 0 Å². The van der Waals surface area contributed by atoms with E-state index < -0.39 is 0 Å². The highest BCUT2D eigenvalue weighted by molar-refractivity contribution is 5.06. The number of rotatable bonds is 3. The molecule has 0 radical (unpaired) electrons. The second kappa shape index (κ2) is 3.25. The van der Waals surface area contributed by atoms with Gasteiger partial charge in [-0.3, -0.25) is 4.90 Å². The first-order chi connectivity index (χ1) is 6.14. The second-order valence-corrected chi connectivity index (χ2v) is 4.92. The smallest absolute Gasteiger partial charge is 0.0654 e. The molecule has 2 nitrogen and oxygen atoms in total. The zero-order valence-corrected chi connectivity index (χ0v) is 9.05. The predicted molar refractivity (Wildman–Crippen MR) is 53.8 cm³/mol. The minimum Gasteiger partial charge on any atom is -0.377 e. The average molecular weight is 183 g/mol. The minimum atomic E-state index is 0.382. The maximum atomic E-state index is 5.76. The number of hydrogen-bond donors (Lipinski definition) is 0. The summed E-state index contributed by atoms with van der Waals surface area (Å²) in [6.45, 7) is 8.84. The Morgan fingerprint density at radius 1 is 1.46 bits per heavy atom. The maximum Gasteiger partial charge on any atom is 0.0654 e. The van der Waals surface area contributed by atoms with Crippen LogP contribution in [0.4, 0.5) is 0 Å². The minimum absolute atomic E-state index is 0.382. The van der Waals surface area contributed by atoms with Gasteiger partial charge in [0.15, 0.2) is 0 Å². The van der Waals surface area contributed by atoms with E-state index in [2.05, 4.69) is 25.7 Å². The molecular formula is C11H21NO. The van der Waals surface area contributed by atoms with E-state index in [1.165, 1.54) is 25.8 Å². The predicted octanol–water partition coefficient (Wildman–Crippen LogP) is 2.04. The molecule has 0 aliphatic carbocycles. The molecule has 0 aromatic heterocycles. The number of fused-ring (bicyclic) bond motifs is 1. The van der Waals surface area contributed by atoms with Crippen LogP contribution in [0.2, 0.25) is 0 Å². The van der Waals surface area contributed by atoms with E-state index in [0.29, 0.717) is 11.6 Å². The van der Waals surface area contributed by atoms with Gasteiger partial charge in [0, 0.05) is 18.1 Å². The lowest BCUT2D eigenvalue weighted by molar-refractivity contribution is -0.0768. The largest absolute Gasteiger partial charge is 0.377 e. The van der Waals surface area contributed by atoms with Crippen LogP contribution in [-0.2, 0) is 4.74 Å². The molecule has 2 aliphatic heterocycles. The highest BCUT2D eigenvalue weighted by atomic mass is 16.5. The lowest BCUT2D eigenvalue weighted by atomic mass is 9.86. The number of nitrogens with zero attached hydrogens (tertiary/aromatic N) is 1. The van der Waals surface area contributed by atoms with Crippen molar-refractivity contribution in [2.45, 2.75) is 57.7 Å². The van der Waals surface area contributed by atoms with Crippen LogP contribution < -0.4 is 0 Å². The number of hydrogen-bond acceptors (Lipinski definition) is 2. The van der Waals surface area contributed by atoms with Gasteiger partial charge in [0.2, 0.25) is 0 Å². The third-order valence-electron chi connectivity index (χ3n) is 3.67. The van der Waals surface area contributed by atoms with Crippen molar-refractivity contribution in [1.82, 2.24) is 4.90 Å². The van der Waals surface area contributed by atoms with Gasteiger partial charge in [-0.1, -0.05) is 0 Å². The fourth-order valence-electron chi connectivity index (χ4n) is 2.70. The van der Waals surface area contributed by atoms with Gasteiger partial charge in [-0.05, 0) is 40.0 Å². The first-order valence-corrected chi connectivity index (χ1v) is 5.52. The molecule has 2 aliphatic rings. The molecule has 0 aromatic carbocycles. The van der Waals surface area contributed by atoms with Gasteiger partial charge in [0.05, 0.1) is 12.7 Å². The molecule has 2 atom stereocenters. The molecule has 0 spiro atoms. The van der Waals surface area contributed by atoms with Gasteiger partial charge in [-0.2, -0.15) is 0 Å². The Bertz CT molecular complexity index is 193. The van der Waals surface area contributed by atoms with Crippen LogP contribution in [0.5, 0.6) is 0 Å². The molecule has 2 saturated heterocycles. The van der Waals surface area contributed by atoms with E-state index in [0.717, 1.165) is 12.6 Å². The molecule has 2 fully saturated rings. The summed E-state index contributed by atoms with van der Waals surface area (Å²) in [6, 6.07) is 0.796. The van der Waals surface area contributed by atoms with Crippen LogP contribution >= 0.6 is 0 Å². The summed E-state index contributed by atoms with van der Waals surface area (Å²) in [7, 11) is 0. The van der Waals surface area contributed by atoms with E-state index >= 15 is 0 Å². The van der Waals surface area contributed by atoms with Crippen molar-refractivity contribution >= 4 is 0 Å². The molecule has 0 N–H and O–H groups in total. The lowest BCUT2D eigenvalue weighted by Gasteiger charge is -2.50. The summed E-state index contributed by atoms with van der Waals surface area (Å²) in [4.78, 5) is 2.63. The third-order valence-corrected chi connectivity index (χ3v) is 3.67. The van der Waals surface area contributed by atoms with Crippen LogP contribution in [0.3, 0.4) is 0 Å². The fraction of sp³-hybridized carbons (Fsp3) is 1.00. The Labute approximate surface area is 81.3 Å². The van der Waals surface area contributed by atoms with Crippen LogP contribution in [0.1, 0.15) is 40.0 Å². The van der Waals surface area contributed by atoms with E-state index in [1.54, 1.807) is 0 Å². The summed E-state index contributed by atoms with van der Waals surface area (Å²) >= 11 is 0. The molecular weight excluding hydrogens is 162 g/mol. The highest BCUT2D eigenvalue weighted by Crippen LogP contribution is 2.44. The first-order valence-electron chi connectivity index (χ1n) is 5.52. The summed E-state index contributed by atoms with van der Waals surface area (Å²) < 4.78 is 5.76. The SMILES string of the molecule is CC(C)OC[C@@]12CC[C@@H](C)N1CC2. The van der Waals surface area contributed by atoms with Gasteiger partial charge in [-0.15, -0.1) is 0 Å². The third kappa shape index (κ3) is 1.50. The quantitative estimate of drug-likeness (QED) is 0.664. The average Bonchev–Trinajstić information content (AvgIpc) is 2.21. The Morgan fingerprint density at radius 2 is 2.23 bits per heavy atom. The topological polar surface area (TPSA) is 12.5 Å². The Hall–Kier alpha value is -0.0800. The lowest BCUT2D eigenvalue weighted by Crippen LogP contribution is -2.60. The van der Waals surface area contributed by atoms with Crippen molar-refractivity contribution in [3.63, 3.8) is 0 Å². The summed E-state index contributed by atoms with van der Waals surface area (Å²) in [5, 5.41) is 0. The van der Waals surface area contributed by atoms with E-state index in [-0.39, 0.29) is 0 Å². The zero-order valence-electron chi connectivity index (χ0n) is 9.05. The Morgan fingerprint density at radius 3 is 2.69 bits per heavy atom. The highest BCUT2D eigenvalue weighted by Gasteiger charge is 2.51. The molecule has 0 saturated carbocycles. The van der Waals surface area contributed by atoms with Crippen LogP contribution in [0.15, 0.2) is 0 Å². The van der Waals surface area contributed by atoms with Crippen LogP contribution in [0.25, 0.3) is 0 Å². The molecule has 0 aromatic rings. The molecule has 0 amide bonds. The normalized spacial score (nSPS) is 39.2. The molecule has 13 heavy (non-hydrogen) atoms. The van der Waals surface area contributed by atoms with Crippen molar-refractivity contribution in [3.8, 4) is 0 Å². The van der Waals surface area contributed by atoms with Gasteiger partial charge in [0.1, 0.15) is 0 Å². The maximum absolute atomic E-state index is 5.76. The zero-order chi connectivity index (χ0) is 9.47. The van der Waals surface area contributed by atoms with Crippen molar-refractivity contribution < 1.29 is 4.74 Å². The first kappa shape index (κ1) is 9.47. The molecule has 0 bridgehead atoms. The monoisotopic (exact) mass is 183 g/mol. The van der Waals surface area contributed by atoms with Crippen molar-refractivity contribution in [3.05, 3.63) is 0 Å². The molecule has 76 valence electrons. The molecule has 2 heteroatoms. The van der Waals surface area contributed by atoms with Crippen molar-refractivity contribution in [1.29, 1.82) is 0 Å². The van der Waals surface area contributed by atoms with Crippen molar-refractivity contribution in [2.75, 3.05) is 13.2 Å². The van der Waals surface area contributed by atoms with Gasteiger partial charge in [-0.25, -0.2) is 0 Å². The van der Waals surface area contributed by atoms with Gasteiger partial charge >= 0.3 is 0 Å². The molecule has 2 heterocycles. The standard InChI is InChI=1S/C11H21NO/c1-9(2)13-8-11-5-4-10(3)12(11)7-6-11/h9-10H,4-8H2,1-3H3/t10-,11+/m1/s1. The van der Waals surface area contributed by atoms with Gasteiger partial charge < -0.3 is 4.74 Å². The summed E-state index contributed by atoms with van der Waals surface area (Å²) in [5.41, 5.74) is 0.448. The van der Waals surface area contributed by atoms with E-state index in [4.69, 9.17) is 4.74 Å². The summed E-state index contributed by atoms with van der Waals surface area (Å²) in [6.07, 6.45) is 4.44.